The van der Waals surface area contributed by atoms with Gasteiger partial charge in [-0.15, -0.1) is 0 Å². The molecule has 0 aliphatic rings. The van der Waals surface area contributed by atoms with Gasteiger partial charge >= 0.3 is 5.97 Å². The molecule has 0 heterocycles. The van der Waals surface area contributed by atoms with E-state index in [-0.39, 0.29) is 11.4 Å². The van der Waals surface area contributed by atoms with Crippen LogP contribution in [-0.2, 0) is 4.79 Å². The van der Waals surface area contributed by atoms with Gasteiger partial charge in [-0.1, -0.05) is 18.7 Å². The lowest BCUT2D eigenvalue weighted by Gasteiger charge is -2.11. The first kappa shape index (κ1) is 10.4. The van der Waals surface area contributed by atoms with E-state index in [0.717, 1.165) is 0 Å². The first-order valence-electron chi connectivity index (χ1n) is 3.95. The highest BCUT2D eigenvalue weighted by molar-refractivity contribution is 5.87. The summed E-state index contributed by atoms with van der Waals surface area (Å²) in [6, 6.07) is 4.53. The summed E-state index contributed by atoms with van der Waals surface area (Å²) in [7, 11) is 0. The monoisotopic (exact) mass is 195 g/mol. The van der Waals surface area contributed by atoms with E-state index in [0.29, 0.717) is 5.56 Å². The van der Waals surface area contributed by atoms with Crippen LogP contribution < -0.4 is 5.73 Å². The largest absolute Gasteiger partial charge is 0.478 e. The Bertz CT molecular complexity index is 359. The van der Waals surface area contributed by atoms with Crippen molar-refractivity contribution >= 4 is 5.97 Å². The van der Waals surface area contributed by atoms with E-state index in [2.05, 4.69) is 6.58 Å². The Morgan fingerprint density at radius 2 is 1.93 bits per heavy atom. The fourth-order valence-electron chi connectivity index (χ4n) is 1.00. The lowest BCUT2D eigenvalue weighted by Crippen LogP contribution is -2.18. The van der Waals surface area contributed by atoms with Gasteiger partial charge in [-0.05, 0) is 17.7 Å². The molecular formula is C10H10FNO2. The smallest absolute Gasteiger partial charge is 0.332 e. The van der Waals surface area contributed by atoms with Crippen LogP contribution in [0.1, 0.15) is 11.6 Å². The van der Waals surface area contributed by atoms with Crippen LogP contribution in [0.25, 0.3) is 0 Å². The summed E-state index contributed by atoms with van der Waals surface area (Å²) in [6.45, 7) is 3.33. The molecule has 1 aromatic carbocycles. The molecule has 14 heavy (non-hydrogen) atoms. The number of carboxylic acid groups (broad SMARTS) is 1. The molecule has 0 radical (unpaired) electrons. The number of hydrogen-bond donors (Lipinski definition) is 2. The number of halogens is 1. The van der Waals surface area contributed by atoms with Gasteiger partial charge in [0, 0.05) is 0 Å². The molecule has 0 fully saturated rings. The van der Waals surface area contributed by atoms with Gasteiger partial charge < -0.3 is 10.8 Å². The topological polar surface area (TPSA) is 63.3 Å². The van der Waals surface area contributed by atoms with Crippen molar-refractivity contribution in [2.24, 2.45) is 5.73 Å². The molecule has 0 saturated heterocycles. The highest BCUT2D eigenvalue weighted by Gasteiger charge is 2.15. The molecule has 0 amide bonds. The second kappa shape index (κ2) is 4.02. The Labute approximate surface area is 80.7 Å². The molecule has 1 rings (SSSR count). The van der Waals surface area contributed by atoms with E-state index < -0.39 is 12.0 Å². The van der Waals surface area contributed by atoms with Gasteiger partial charge in [0.2, 0.25) is 0 Å². The lowest BCUT2D eigenvalue weighted by molar-refractivity contribution is -0.132. The van der Waals surface area contributed by atoms with Crippen LogP contribution in [0.4, 0.5) is 4.39 Å². The minimum atomic E-state index is -1.15. The Morgan fingerprint density at radius 3 is 2.36 bits per heavy atom. The predicted molar refractivity (Wildman–Crippen MR) is 50.1 cm³/mol. The Hall–Kier alpha value is -1.68. The highest BCUT2D eigenvalue weighted by atomic mass is 19.1. The molecule has 0 spiro atoms. The van der Waals surface area contributed by atoms with E-state index in [1.165, 1.54) is 24.3 Å². The molecule has 0 aliphatic carbocycles. The average Bonchev–Trinajstić information content (AvgIpc) is 2.16. The van der Waals surface area contributed by atoms with Gasteiger partial charge in [0.1, 0.15) is 5.82 Å². The molecule has 0 aromatic heterocycles. The van der Waals surface area contributed by atoms with E-state index in [1.807, 2.05) is 0 Å². The SMILES string of the molecule is C=C(C(=O)O)C(N)c1ccc(F)cc1. The molecule has 0 saturated carbocycles. The molecular weight excluding hydrogens is 185 g/mol. The number of hydrogen-bond acceptors (Lipinski definition) is 2. The van der Waals surface area contributed by atoms with E-state index in [4.69, 9.17) is 10.8 Å². The molecule has 3 N–H and O–H groups in total. The summed E-state index contributed by atoms with van der Waals surface area (Å²) in [5.41, 5.74) is 6.00. The standard InChI is InChI=1S/C10H10FNO2/c1-6(10(13)14)9(12)7-2-4-8(11)5-3-7/h2-5,9H,1,12H2,(H,13,14). The number of carbonyl (C=O) groups is 1. The number of aliphatic carboxylic acids is 1. The number of rotatable bonds is 3. The van der Waals surface area contributed by atoms with Crippen molar-refractivity contribution in [2.75, 3.05) is 0 Å². The van der Waals surface area contributed by atoms with Crippen LogP contribution in [0.15, 0.2) is 36.4 Å². The fraction of sp³-hybridized carbons (Fsp3) is 0.100. The van der Waals surface area contributed by atoms with Gasteiger partial charge in [-0.2, -0.15) is 0 Å². The molecule has 4 heteroatoms. The first-order chi connectivity index (χ1) is 6.52. The van der Waals surface area contributed by atoms with Crippen molar-refractivity contribution < 1.29 is 14.3 Å². The Morgan fingerprint density at radius 1 is 1.43 bits per heavy atom. The summed E-state index contributed by atoms with van der Waals surface area (Å²) >= 11 is 0. The van der Waals surface area contributed by atoms with Gasteiger partial charge in [0.15, 0.2) is 0 Å². The second-order valence-corrected chi connectivity index (χ2v) is 2.86. The zero-order valence-electron chi connectivity index (χ0n) is 7.40. The quantitative estimate of drug-likeness (QED) is 0.718. The number of benzene rings is 1. The molecule has 74 valence electrons. The van der Waals surface area contributed by atoms with Crippen LogP contribution in [0.3, 0.4) is 0 Å². The Balaban J connectivity index is 2.89. The molecule has 0 aliphatic heterocycles. The zero-order valence-corrected chi connectivity index (χ0v) is 7.40. The normalized spacial score (nSPS) is 12.1. The third kappa shape index (κ3) is 2.17. The summed E-state index contributed by atoms with van der Waals surface area (Å²) in [4.78, 5) is 10.5. The summed E-state index contributed by atoms with van der Waals surface area (Å²) in [5, 5.41) is 8.61. The van der Waals surface area contributed by atoms with Gasteiger partial charge in [0.25, 0.3) is 0 Å². The van der Waals surface area contributed by atoms with Crippen LogP contribution >= 0.6 is 0 Å². The van der Waals surface area contributed by atoms with E-state index >= 15 is 0 Å². The molecule has 1 aromatic rings. The maximum absolute atomic E-state index is 12.5. The molecule has 1 atom stereocenters. The number of carboxylic acids is 1. The maximum Gasteiger partial charge on any atom is 0.332 e. The molecule has 0 bridgehead atoms. The predicted octanol–water partition coefficient (Wildman–Crippen LogP) is 1.47. The van der Waals surface area contributed by atoms with Crippen molar-refractivity contribution in [3.63, 3.8) is 0 Å². The van der Waals surface area contributed by atoms with Crippen molar-refractivity contribution in [1.82, 2.24) is 0 Å². The van der Waals surface area contributed by atoms with Crippen molar-refractivity contribution in [3.05, 3.63) is 47.8 Å². The maximum atomic E-state index is 12.5. The summed E-state index contributed by atoms with van der Waals surface area (Å²) in [5.74, 6) is -1.54. The van der Waals surface area contributed by atoms with Crippen molar-refractivity contribution in [3.8, 4) is 0 Å². The van der Waals surface area contributed by atoms with E-state index in [1.54, 1.807) is 0 Å². The van der Waals surface area contributed by atoms with Crippen LogP contribution in [0, 0.1) is 5.82 Å². The van der Waals surface area contributed by atoms with Crippen molar-refractivity contribution in [1.29, 1.82) is 0 Å². The summed E-state index contributed by atoms with van der Waals surface area (Å²) in [6.07, 6.45) is 0. The first-order valence-corrected chi connectivity index (χ1v) is 3.95. The van der Waals surface area contributed by atoms with Crippen LogP contribution in [0.2, 0.25) is 0 Å². The fourth-order valence-corrected chi connectivity index (χ4v) is 1.00. The van der Waals surface area contributed by atoms with Gasteiger partial charge in [-0.25, -0.2) is 9.18 Å². The zero-order chi connectivity index (χ0) is 10.7. The van der Waals surface area contributed by atoms with Crippen LogP contribution in [0.5, 0.6) is 0 Å². The van der Waals surface area contributed by atoms with Crippen LogP contribution in [-0.4, -0.2) is 11.1 Å². The third-order valence-electron chi connectivity index (χ3n) is 1.88. The molecule has 3 nitrogen and oxygen atoms in total. The summed E-state index contributed by atoms with van der Waals surface area (Å²) < 4.78 is 12.5. The second-order valence-electron chi connectivity index (χ2n) is 2.86. The van der Waals surface area contributed by atoms with Gasteiger partial charge in [-0.3, -0.25) is 0 Å². The third-order valence-corrected chi connectivity index (χ3v) is 1.88. The van der Waals surface area contributed by atoms with Crippen molar-refractivity contribution in [2.45, 2.75) is 6.04 Å². The van der Waals surface area contributed by atoms with Gasteiger partial charge in [0.05, 0.1) is 11.6 Å². The number of nitrogens with two attached hydrogens (primary N) is 1. The molecule has 1 unspecified atom stereocenters. The Kier molecular flexibility index (Phi) is 2.99. The lowest BCUT2D eigenvalue weighted by atomic mass is 10.0. The minimum Gasteiger partial charge on any atom is -0.478 e. The van der Waals surface area contributed by atoms with E-state index in [9.17, 15) is 9.18 Å². The average molecular weight is 195 g/mol. The highest BCUT2D eigenvalue weighted by Crippen LogP contribution is 2.17. The minimum absolute atomic E-state index is 0.114.